The third-order valence-electron chi connectivity index (χ3n) is 1.86. The van der Waals surface area contributed by atoms with Crippen LogP contribution in [0.5, 0.6) is 0 Å². The minimum Gasteiger partial charge on any atom is -0.411 e. The number of aliphatic hydroxyl groups is 1. The molecule has 0 amide bonds. The number of rotatable bonds is 0. The van der Waals surface area contributed by atoms with Gasteiger partial charge in [-0.15, -0.1) is 0 Å². The molecule has 1 rings (SSSR count). The van der Waals surface area contributed by atoms with E-state index in [1.807, 2.05) is 6.92 Å². The summed E-state index contributed by atoms with van der Waals surface area (Å²) in [6.45, 7) is 3.64. The average Bonchev–Trinajstić information content (AvgIpc) is 1.96. The molecule has 0 unspecified atom stereocenters. The molecule has 4 heteroatoms. The largest absolute Gasteiger partial charge is 0.411 e. The molecule has 3 atom stereocenters. The molecule has 0 aromatic rings. The molecule has 64 valence electrons. The summed E-state index contributed by atoms with van der Waals surface area (Å²) in [5.41, 5.74) is 0.413. The van der Waals surface area contributed by atoms with Crippen molar-refractivity contribution in [1.29, 1.82) is 0 Å². The molecule has 1 fully saturated rings. The highest BCUT2D eigenvalue weighted by Crippen LogP contribution is 2.16. The Bertz CT molecular complexity index is 169. The summed E-state index contributed by atoms with van der Waals surface area (Å²) in [4.78, 5) is 0. The van der Waals surface area contributed by atoms with E-state index in [0.29, 0.717) is 12.1 Å². The van der Waals surface area contributed by atoms with Crippen LogP contribution in [0.1, 0.15) is 20.3 Å². The van der Waals surface area contributed by atoms with Crippen molar-refractivity contribution in [1.82, 2.24) is 0 Å². The lowest BCUT2D eigenvalue weighted by atomic mass is 10.0. The lowest BCUT2D eigenvalue weighted by molar-refractivity contribution is -0.0549. The standard InChI is InChI=1S/C7H13NO3/c1-4-3-6(8-10)7(9)5(2)11-4/h4-5,7,9-10H,3H2,1-2H3/t4-,5+,7+/m1/s1. The van der Waals surface area contributed by atoms with Crippen molar-refractivity contribution >= 4 is 5.71 Å². The first-order valence-corrected chi connectivity index (χ1v) is 3.69. The van der Waals surface area contributed by atoms with Gasteiger partial charge in [-0.05, 0) is 13.8 Å². The summed E-state index contributed by atoms with van der Waals surface area (Å²) in [5.74, 6) is 0. The van der Waals surface area contributed by atoms with Gasteiger partial charge in [0.05, 0.1) is 17.9 Å². The van der Waals surface area contributed by atoms with Crippen molar-refractivity contribution in [3.63, 3.8) is 0 Å². The second-order valence-corrected chi connectivity index (χ2v) is 2.89. The number of ether oxygens (including phenoxy) is 1. The van der Waals surface area contributed by atoms with Crippen LogP contribution in [0.4, 0.5) is 0 Å². The summed E-state index contributed by atoms with van der Waals surface area (Å²) < 4.78 is 5.29. The molecule has 0 aromatic carbocycles. The van der Waals surface area contributed by atoms with Gasteiger partial charge in [0.25, 0.3) is 0 Å². The first-order chi connectivity index (χ1) is 5.15. The van der Waals surface area contributed by atoms with Crippen LogP contribution in [-0.4, -0.2) is 34.3 Å². The summed E-state index contributed by atoms with van der Waals surface area (Å²) in [5, 5.41) is 20.8. The Balaban J connectivity index is 2.67. The van der Waals surface area contributed by atoms with E-state index in [9.17, 15) is 5.11 Å². The molecule has 1 saturated heterocycles. The molecule has 4 nitrogen and oxygen atoms in total. The number of nitrogens with zero attached hydrogens (tertiary/aromatic N) is 1. The molecule has 0 saturated carbocycles. The van der Waals surface area contributed by atoms with Gasteiger partial charge in [0, 0.05) is 6.42 Å². The SMILES string of the molecule is C[C@@H]1CC(=NO)[C@@H](O)[C@H](C)O1. The van der Waals surface area contributed by atoms with Gasteiger partial charge < -0.3 is 15.1 Å². The highest BCUT2D eigenvalue weighted by molar-refractivity contribution is 5.89. The minimum absolute atomic E-state index is 0.0271. The van der Waals surface area contributed by atoms with Crippen LogP contribution >= 0.6 is 0 Å². The fraction of sp³-hybridized carbons (Fsp3) is 0.857. The summed E-state index contributed by atoms with van der Waals surface area (Å²) >= 11 is 0. The van der Waals surface area contributed by atoms with Crippen LogP contribution in [0.3, 0.4) is 0 Å². The average molecular weight is 159 g/mol. The highest BCUT2D eigenvalue weighted by Gasteiger charge is 2.30. The number of aliphatic hydroxyl groups excluding tert-OH is 1. The molecule has 0 radical (unpaired) electrons. The normalized spacial score (nSPS) is 42.8. The van der Waals surface area contributed by atoms with E-state index in [4.69, 9.17) is 9.94 Å². The van der Waals surface area contributed by atoms with E-state index in [2.05, 4.69) is 5.16 Å². The lowest BCUT2D eigenvalue weighted by Crippen LogP contribution is -2.43. The molecular formula is C7H13NO3. The van der Waals surface area contributed by atoms with Gasteiger partial charge >= 0.3 is 0 Å². The maximum atomic E-state index is 9.34. The fourth-order valence-corrected chi connectivity index (χ4v) is 1.28. The first-order valence-electron chi connectivity index (χ1n) is 3.69. The Morgan fingerprint density at radius 3 is 2.73 bits per heavy atom. The molecule has 1 aliphatic rings. The van der Waals surface area contributed by atoms with Gasteiger partial charge in [-0.3, -0.25) is 0 Å². The van der Waals surface area contributed by atoms with Crippen LogP contribution in [0, 0.1) is 0 Å². The minimum atomic E-state index is -0.754. The monoisotopic (exact) mass is 159 g/mol. The Hall–Kier alpha value is -0.610. The molecule has 0 spiro atoms. The quantitative estimate of drug-likeness (QED) is 0.396. The smallest absolute Gasteiger partial charge is 0.121 e. The predicted molar refractivity (Wildman–Crippen MR) is 39.9 cm³/mol. The zero-order valence-corrected chi connectivity index (χ0v) is 6.69. The predicted octanol–water partition coefficient (Wildman–Crippen LogP) is 0.375. The third-order valence-corrected chi connectivity index (χ3v) is 1.86. The zero-order valence-electron chi connectivity index (χ0n) is 6.69. The number of hydrogen-bond acceptors (Lipinski definition) is 4. The van der Waals surface area contributed by atoms with Crippen LogP contribution in [0.15, 0.2) is 5.16 Å². The van der Waals surface area contributed by atoms with E-state index < -0.39 is 6.10 Å². The Labute approximate surface area is 65.5 Å². The summed E-state index contributed by atoms with van der Waals surface area (Å²) in [7, 11) is 0. The maximum Gasteiger partial charge on any atom is 0.121 e. The fourth-order valence-electron chi connectivity index (χ4n) is 1.28. The van der Waals surface area contributed by atoms with Crippen molar-refractivity contribution in [3.8, 4) is 0 Å². The van der Waals surface area contributed by atoms with E-state index in [1.165, 1.54) is 0 Å². The van der Waals surface area contributed by atoms with Gasteiger partial charge in [-0.2, -0.15) is 0 Å². The second-order valence-electron chi connectivity index (χ2n) is 2.89. The van der Waals surface area contributed by atoms with Crippen LogP contribution in [0.25, 0.3) is 0 Å². The Kier molecular flexibility index (Phi) is 2.46. The Morgan fingerprint density at radius 2 is 2.18 bits per heavy atom. The maximum absolute atomic E-state index is 9.34. The van der Waals surface area contributed by atoms with E-state index in [1.54, 1.807) is 6.92 Å². The second kappa shape index (κ2) is 3.19. The van der Waals surface area contributed by atoms with Crippen molar-refractivity contribution < 1.29 is 15.1 Å². The van der Waals surface area contributed by atoms with Gasteiger partial charge in [0.1, 0.15) is 6.10 Å². The molecule has 0 aromatic heterocycles. The van der Waals surface area contributed by atoms with E-state index in [0.717, 1.165) is 0 Å². The molecule has 1 heterocycles. The van der Waals surface area contributed by atoms with Crippen molar-refractivity contribution in [2.24, 2.45) is 5.16 Å². The van der Waals surface area contributed by atoms with Crippen molar-refractivity contribution in [2.75, 3.05) is 0 Å². The molecule has 0 bridgehead atoms. The van der Waals surface area contributed by atoms with Gasteiger partial charge in [0.2, 0.25) is 0 Å². The first kappa shape index (κ1) is 8.49. The number of hydrogen-bond donors (Lipinski definition) is 2. The summed E-state index contributed by atoms with van der Waals surface area (Å²) in [6.07, 6.45) is -0.498. The van der Waals surface area contributed by atoms with Crippen LogP contribution in [0.2, 0.25) is 0 Å². The summed E-state index contributed by atoms with van der Waals surface area (Å²) in [6, 6.07) is 0. The van der Waals surface area contributed by atoms with Crippen LogP contribution < -0.4 is 0 Å². The lowest BCUT2D eigenvalue weighted by Gasteiger charge is -2.30. The zero-order chi connectivity index (χ0) is 8.43. The molecular weight excluding hydrogens is 146 g/mol. The molecule has 0 aliphatic carbocycles. The van der Waals surface area contributed by atoms with Gasteiger partial charge in [0.15, 0.2) is 0 Å². The highest BCUT2D eigenvalue weighted by atomic mass is 16.5. The topological polar surface area (TPSA) is 62.1 Å². The van der Waals surface area contributed by atoms with Crippen molar-refractivity contribution in [3.05, 3.63) is 0 Å². The van der Waals surface area contributed by atoms with E-state index >= 15 is 0 Å². The Morgan fingerprint density at radius 1 is 1.55 bits per heavy atom. The number of oxime groups is 1. The van der Waals surface area contributed by atoms with Gasteiger partial charge in [-0.1, -0.05) is 5.16 Å². The molecule has 11 heavy (non-hydrogen) atoms. The van der Waals surface area contributed by atoms with Gasteiger partial charge in [-0.25, -0.2) is 0 Å². The van der Waals surface area contributed by atoms with E-state index in [-0.39, 0.29) is 12.2 Å². The molecule has 2 N–H and O–H groups in total. The molecule has 1 aliphatic heterocycles. The van der Waals surface area contributed by atoms with Crippen molar-refractivity contribution in [2.45, 2.75) is 38.6 Å². The van der Waals surface area contributed by atoms with Crippen LogP contribution in [-0.2, 0) is 4.74 Å². The third kappa shape index (κ3) is 1.70.